The Kier molecular flexibility index (Phi) is 8.70. The van der Waals surface area contributed by atoms with Crippen LogP contribution in [0.3, 0.4) is 0 Å². The molecule has 1 aliphatic heterocycles. The summed E-state index contributed by atoms with van der Waals surface area (Å²) in [6.07, 6.45) is -9.64. The van der Waals surface area contributed by atoms with Crippen LogP contribution >= 0.6 is 0 Å². The van der Waals surface area contributed by atoms with Crippen molar-refractivity contribution in [2.75, 3.05) is 17.2 Å². The summed E-state index contributed by atoms with van der Waals surface area (Å²) in [5.41, 5.74) is 3.24. The number of amides is 2. The lowest BCUT2D eigenvalue weighted by atomic mass is 10.0. The molecule has 0 fully saturated rings. The number of nitrogens with one attached hydrogen (secondary N) is 2. The van der Waals surface area contributed by atoms with E-state index in [2.05, 4.69) is 10.4 Å². The molecule has 0 spiro atoms. The molecule has 10 nitrogen and oxygen atoms in total. The van der Waals surface area contributed by atoms with Crippen LogP contribution in [0.2, 0.25) is 0 Å². The van der Waals surface area contributed by atoms with Gasteiger partial charge < -0.3 is 16.0 Å². The van der Waals surface area contributed by atoms with Gasteiger partial charge in [0.05, 0.1) is 23.0 Å². The van der Waals surface area contributed by atoms with Crippen LogP contribution in [0.5, 0.6) is 0 Å². The summed E-state index contributed by atoms with van der Waals surface area (Å²) < 4.78 is 110. The van der Waals surface area contributed by atoms with Gasteiger partial charge in [0.1, 0.15) is 11.4 Å². The van der Waals surface area contributed by atoms with Crippen LogP contribution in [0.15, 0.2) is 77.7 Å². The lowest BCUT2D eigenvalue weighted by Crippen LogP contribution is -2.31. The van der Waals surface area contributed by atoms with Gasteiger partial charge >= 0.3 is 12.4 Å². The van der Waals surface area contributed by atoms with E-state index in [0.29, 0.717) is 11.3 Å². The molecule has 0 bridgehead atoms. The molecule has 17 heteroatoms. The van der Waals surface area contributed by atoms with E-state index < -0.39 is 57.1 Å². The Bertz CT molecular complexity index is 1920. The van der Waals surface area contributed by atoms with E-state index in [1.165, 1.54) is 72.5 Å². The van der Waals surface area contributed by atoms with Gasteiger partial charge in [0.2, 0.25) is 0 Å². The van der Waals surface area contributed by atoms with E-state index in [-0.39, 0.29) is 41.5 Å². The highest BCUT2D eigenvalue weighted by Gasteiger charge is 2.44. The molecule has 47 heavy (non-hydrogen) atoms. The van der Waals surface area contributed by atoms with Crippen molar-refractivity contribution in [2.45, 2.75) is 43.3 Å². The van der Waals surface area contributed by atoms with Crippen molar-refractivity contribution in [1.29, 1.82) is 0 Å². The first-order valence-electron chi connectivity index (χ1n) is 13.9. The minimum atomic E-state index is -5.02. The van der Waals surface area contributed by atoms with Crippen LogP contribution < -0.4 is 20.7 Å². The molecule has 4 N–H and O–H groups in total. The van der Waals surface area contributed by atoms with Gasteiger partial charge in [-0.15, -0.1) is 0 Å². The topological polar surface area (TPSA) is 139 Å². The fraction of sp³-hybridized carbons (Fsp3) is 0.233. The molecule has 1 atom stereocenters. The molecule has 1 aromatic heterocycles. The molecule has 0 unspecified atom stereocenters. The van der Waals surface area contributed by atoms with Gasteiger partial charge in [-0.3, -0.25) is 9.59 Å². The van der Waals surface area contributed by atoms with Gasteiger partial charge in [0.15, 0.2) is 5.69 Å². The van der Waals surface area contributed by atoms with E-state index in [1.807, 2.05) is 4.72 Å². The lowest BCUT2D eigenvalue weighted by molar-refractivity contribution is -0.142. The van der Waals surface area contributed by atoms with Crippen molar-refractivity contribution in [2.24, 2.45) is 0 Å². The molecule has 3 aromatic carbocycles. The average molecular weight is 681 g/mol. The van der Waals surface area contributed by atoms with Crippen molar-refractivity contribution >= 4 is 33.3 Å². The molecule has 2 heterocycles. The monoisotopic (exact) mass is 680 g/mol. The molecule has 1 aliphatic rings. The van der Waals surface area contributed by atoms with Crippen LogP contribution in [0.4, 0.5) is 37.8 Å². The number of halogens is 6. The molecular formula is C30H26F6N6O4S. The number of hydrogen-bond donors (Lipinski definition) is 3. The van der Waals surface area contributed by atoms with Crippen LogP contribution in [0, 0.1) is 0 Å². The van der Waals surface area contributed by atoms with Crippen LogP contribution in [0.1, 0.15) is 56.1 Å². The number of rotatable bonds is 8. The molecule has 0 saturated carbocycles. The predicted octanol–water partition coefficient (Wildman–Crippen LogP) is 5.13. The zero-order valence-corrected chi connectivity index (χ0v) is 25.2. The van der Waals surface area contributed by atoms with Crippen LogP contribution in [0.25, 0.3) is 0 Å². The number of carbonyl (C=O) groups excluding carboxylic acids is 2. The molecule has 0 saturated heterocycles. The third-order valence-corrected chi connectivity index (χ3v) is 8.72. The molecule has 248 valence electrons. The Hall–Kier alpha value is -5.06. The Morgan fingerprint density at radius 1 is 0.915 bits per heavy atom. The third kappa shape index (κ3) is 7.19. The first kappa shape index (κ1) is 33.3. The van der Waals surface area contributed by atoms with Gasteiger partial charge in [-0.1, -0.05) is 24.3 Å². The molecule has 0 aliphatic carbocycles. The predicted molar refractivity (Wildman–Crippen MR) is 158 cm³/mol. The van der Waals surface area contributed by atoms with Gasteiger partial charge in [0.25, 0.3) is 21.8 Å². The fourth-order valence-electron chi connectivity index (χ4n) is 5.04. The van der Waals surface area contributed by atoms with Crippen molar-refractivity contribution in [1.82, 2.24) is 19.8 Å². The summed E-state index contributed by atoms with van der Waals surface area (Å²) >= 11 is 0. The number of benzene rings is 3. The van der Waals surface area contributed by atoms with Crippen molar-refractivity contribution in [3.05, 3.63) is 106 Å². The summed E-state index contributed by atoms with van der Waals surface area (Å²) in [6.45, 7) is 1.35. The van der Waals surface area contributed by atoms with Crippen LogP contribution in [-0.4, -0.2) is 36.6 Å². The van der Waals surface area contributed by atoms with E-state index in [4.69, 9.17) is 5.73 Å². The highest BCUT2D eigenvalue weighted by atomic mass is 32.2. The number of nitrogen functional groups attached to an aromatic ring is 1. The number of nitrogens with zero attached hydrogens (tertiary/aromatic N) is 3. The van der Waals surface area contributed by atoms with Gasteiger partial charge in [-0.2, -0.15) is 31.4 Å². The highest BCUT2D eigenvalue weighted by molar-refractivity contribution is 7.90. The third-order valence-electron chi connectivity index (χ3n) is 7.37. The van der Waals surface area contributed by atoms with E-state index in [9.17, 15) is 44.3 Å². The minimum Gasteiger partial charge on any atom is -0.399 e. The smallest absolute Gasteiger partial charge is 0.399 e. The number of alkyl halides is 6. The highest BCUT2D eigenvalue weighted by Crippen LogP contribution is 2.39. The second-order valence-corrected chi connectivity index (χ2v) is 12.4. The summed E-state index contributed by atoms with van der Waals surface area (Å²) in [7, 11) is -4.21. The van der Waals surface area contributed by atoms with Crippen molar-refractivity contribution in [3.63, 3.8) is 0 Å². The maximum atomic E-state index is 14.0. The van der Waals surface area contributed by atoms with Crippen LogP contribution in [-0.2, 0) is 35.5 Å². The number of carbonyl (C=O) groups is 2. The fourth-order valence-corrected chi connectivity index (χ4v) is 6.02. The number of sulfonamides is 1. The van der Waals surface area contributed by atoms with Gasteiger partial charge in [0, 0.05) is 24.3 Å². The van der Waals surface area contributed by atoms with E-state index in [0.717, 1.165) is 16.8 Å². The number of aromatic nitrogens is 2. The first-order chi connectivity index (χ1) is 21.9. The van der Waals surface area contributed by atoms with E-state index >= 15 is 0 Å². The summed E-state index contributed by atoms with van der Waals surface area (Å²) in [6, 6.07) is 14.0. The number of fused-ring (bicyclic) bond motifs is 1. The number of anilines is 2. The Labute approximate surface area is 264 Å². The van der Waals surface area contributed by atoms with Crippen molar-refractivity contribution in [3.8, 4) is 0 Å². The molecule has 5 rings (SSSR count). The second kappa shape index (κ2) is 12.3. The Morgan fingerprint density at radius 2 is 1.57 bits per heavy atom. The maximum Gasteiger partial charge on any atom is 0.436 e. The molecule has 0 radical (unpaired) electrons. The maximum absolute atomic E-state index is 14.0. The number of hydrogen-bond acceptors (Lipinski definition) is 7. The van der Waals surface area contributed by atoms with E-state index in [1.54, 1.807) is 0 Å². The quantitative estimate of drug-likeness (QED) is 0.173. The number of nitrogens with two attached hydrogens (primary N) is 1. The summed E-state index contributed by atoms with van der Waals surface area (Å²) in [5, 5.41) is 6.10. The summed E-state index contributed by atoms with van der Waals surface area (Å²) in [4.78, 5) is 27.2. The normalized spacial score (nSPS) is 14.1. The Balaban J connectivity index is 1.34. The standard InChI is InChI=1S/C30H26F6N6O4S/c1-17(19-5-7-20(8-6-19)26(43)40-47(45,46)23-11-9-22(37)10-12-23)38-27(44)24-25(30(34,35)36)39-42-14-13-41(28(24)42)16-18-3-2-4-21(15-18)29(31,32)33/h2-12,15,17H,13-14,16,37H2,1H3,(H,38,44)(H,40,43)/t17-/m0/s1. The van der Waals surface area contributed by atoms with Crippen molar-refractivity contribution < 1.29 is 44.3 Å². The second-order valence-electron chi connectivity index (χ2n) is 10.7. The zero-order valence-electron chi connectivity index (χ0n) is 24.4. The van der Waals surface area contributed by atoms with Gasteiger partial charge in [-0.25, -0.2) is 17.8 Å². The SMILES string of the molecule is C[C@H](NC(=O)c1c(C(F)(F)F)nn2c1N(Cc1cccc(C(F)(F)F)c1)CC2)c1ccc(C(=O)NS(=O)(=O)c2ccc(N)cc2)cc1. The molecule has 2 amide bonds. The molecular weight excluding hydrogens is 654 g/mol. The first-order valence-corrected chi connectivity index (χ1v) is 15.3. The largest absolute Gasteiger partial charge is 0.436 e. The lowest BCUT2D eigenvalue weighted by Gasteiger charge is -2.21. The average Bonchev–Trinajstić information content (AvgIpc) is 3.57. The minimum absolute atomic E-state index is 0.0300. The zero-order chi connectivity index (χ0) is 34.3. The molecule has 4 aromatic rings. The van der Waals surface area contributed by atoms with Gasteiger partial charge in [-0.05, 0) is 66.6 Å². The summed E-state index contributed by atoms with van der Waals surface area (Å²) in [5.74, 6) is -2.26. The Morgan fingerprint density at radius 3 is 2.19 bits per heavy atom.